The minimum atomic E-state index is -0.977. The second kappa shape index (κ2) is 6.77. The maximum absolute atomic E-state index is 14.0. The van der Waals surface area contributed by atoms with Gasteiger partial charge in [-0.1, -0.05) is 26.0 Å². The van der Waals surface area contributed by atoms with Crippen molar-refractivity contribution in [1.82, 2.24) is 10.0 Å². The molecule has 0 bridgehead atoms. The van der Waals surface area contributed by atoms with E-state index in [1.165, 1.54) is 0 Å². The summed E-state index contributed by atoms with van der Waals surface area (Å²) in [5.41, 5.74) is 4.14. The molecule has 0 unspecified atom stereocenters. The van der Waals surface area contributed by atoms with E-state index in [-0.39, 0.29) is 11.2 Å². The molecule has 0 spiro atoms. The molecule has 1 aliphatic carbocycles. The molecule has 2 aromatic carbocycles. The van der Waals surface area contributed by atoms with Gasteiger partial charge in [0.05, 0.1) is 5.52 Å². The van der Waals surface area contributed by atoms with Gasteiger partial charge in [-0.05, 0) is 35.6 Å². The molecule has 4 rings (SSSR count). The molecule has 0 fully saturated rings. The zero-order chi connectivity index (χ0) is 20.9. The van der Waals surface area contributed by atoms with Crippen LogP contribution in [0.15, 0.2) is 36.4 Å². The average Bonchev–Trinajstić information content (AvgIpc) is 2.94. The Morgan fingerprint density at radius 2 is 1.79 bits per heavy atom. The molecule has 0 aliphatic heterocycles. The highest BCUT2D eigenvalue weighted by Gasteiger charge is 2.35. The van der Waals surface area contributed by atoms with Gasteiger partial charge < -0.3 is 4.57 Å². The lowest BCUT2D eigenvalue weighted by Gasteiger charge is -2.30. The summed E-state index contributed by atoms with van der Waals surface area (Å²) in [5, 5.41) is 9.16. The quantitative estimate of drug-likeness (QED) is 0.512. The van der Waals surface area contributed by atoms with E-state index in [1.54, 1.807) is 29.7 Å². The SMILES string of the molecule is CC1(C)CC(=O)c2c(n(Cc3ccc(C(=O)NO)cc3)c3cc(F)c(F)cc23)C1. The number of nitrogens with zero attached hydrogens (tertiary/aromatic N) is 1. The van der Waals surface area contributed by atoms with Gasteiger partial charge in [-0.15, -0.1) is 0 Å². The first-order valence-corrected chi connectivity index (χ1v) is 9.27. The van der Waals surface area contributed by atoms with Gasteiger partial charge >= 0.3 is 0 Å². The number of hydroxylamine groups is 1. The lowest BCUT2D eigenvalue weighted by Crippen LogP contribution is -2.28. The average molecular weight is 398 g/mol. The molecule has 29 heavy (non-hydrogen) atoms. The van der Waals surface area contributed by atoms with Crippen molar-refractivity contribution >= 4 is 22.6 Å². The highest BCUT2D eigenvalue weighted by atomic mass is 19.2. The standard InChI is InChI=1S/C22H20F2N2O3/c1-22(2)9-18-20(19(27)10-22)14-7-15(23)16(24)8-17(14)26(18)11-12-3-5-13(6-4-12)21(28)25-29/h3-8,29H,9-11H2,1-2H3,(H,25,28). The minimum Gasteiger partial charge on any atom is -0.339 e. The number of benzene rings is 2. The van der Waals surface area contributed by atoms with E-state index in [2.05, 4.69) is 0 Å². The second-order valence-electron chi connectivity index (χ2n) is 8.27. The van der Waals surface area contributed by atoms with Crippen LogP contribution in [0.3, 0.4) is 0 Å². The molecule has 3 aromatic rings. The third kappa shape index (κ3) is 3.31. The fourth-order valence-electron chi connectivity index (χ4n) is 4.12. The number of Topliss-reactive ketones (excluding diaryl/α,β-unsaturated/α-hetero) is 1. The topological polar surface area (TPSA) is 71.3 Å². The normalized spacial score (nSPS) is 15.4. The van der Waals surface area contributed by atoms with Gasteiger partial charge in [0.25, 0.3) is 5.91 Å². The number of carbonyl (C=O) groups is 2. The van der Waals surface area contributed by atoms with Crippen LogP contribution in [-0.2, 0) is 13.0 Å². The van der Waals surface area contributed by atoms with E-state index in [1.807, 2.05) is 18.4 Å². The zero-order valence-corrected chi connectivity index (χ0v) is 16.1. The summed E-state index contributed by atoms with van der Waals surface area (Å²) in [6.07, 6.45) is 0.958. The van der Waals surface area contributed by atoms with E-state index < -0.39 is 17.5 Å². The summed E-state index contributed by atoms with van der Waals surface area (Å²) < 4.78 is 29.8. The van der Waals surface area contributed by atoms with Crippen molar-refractivity contribution in [2.45, 2.75) is 33.2 Å². The molecule has 150 valence electrons. The van der Waals surface area contributed by atoms with E-state index >= 15 is 0 Å². The molecule has 1 amide bonds. The number of hydrogen-bond donors (Lipinski definition) is 2. The van der Waals surface area contributed by atoms with Crippen molar-refractivity contribution < 1.29 is 23.6 Å². The van der Waals surface area contributed by atoms with E-state index in [0.29, 0.717) is 41.4 Å². The smallest absolute Gasteiger partial charge is 0.274 e. The van der Waals surface area contributed by atoms with Crippen molar-refractivity contribution in [3.63, 3.8) is 0 Å². The van der Waals surface area contributed by atoms with Crippen LogP contribution < -0.4 is 5.48 Å². The van der Waals surface area contributed by atoms with Gasteiger partial charge in [-0.2, -0.15) is 0 Å². The maximum Gasteiger partial charge on any atom is 0.274 e. The van der Waals surface area contributed by atoms with Gasteiger partial charge in [0.1, 0.15) is 0 Å². The van der Waals surface area contributed by atoms with E-state index in [9.17, 15) is 18.4 Å². The molecule has 0 saturated heterocycles. The van der Waals surface area contributed by atoms with Crippen LogP contribution in [0.25, 0.3) is 10.9 Å². The van der Waals surface area contributed by atoms with Gasteiger partial charge in [0, 0.05) is 41.2 Å². The van der Waals surface area contributed by atoms with Crippen molar-refractivity contribution in [1.29, 1.82) is 0 Å². The Balaban J connectivity index is 1.86. The summed E-state index contributed by atoms with van der Waals surface area (Å²) in [6, 6.07) is 8.81. The molecule has 7 heteroatoms. The molecule has 1 aliphatic rings. The second-order valence-corrected chi connectivity index (χ2v) is 8.27. The number of nitrogens with one attached hydrogen (secondary N) is 1. The number of amides is 1. The van der Waals surface area contributed by atoms with Gasteiger partial charge in [-0.25, -0.2) is 14.3 Å². The summed E-state index contributed by atoms with van der Waals surface area (Å²) in [7, 11) is 0. The highest BCUT2D eigenvalue weighted by Crippen LogP contribution is 2.40. The predicted octanol–water partition coefficient (Wildman–Crippen LogP) is 4.24. The van der Waals surface area contributed by atoms with Crippen LogP contribution in [-0.4, -0.2) is 21.5 Å². The molecule has 0 saturated carbocycles. The van der Waals surface area contributed by atoms with Gasteiger partial charge in [0.2, 0.25) is 0 Å². The van der Waals surface area contributed by atoms with Crippen LogP contribution >= 0.6 is 0 Å². The first-order chi connectivity index (χ1) is 13.7. The molecule has 2 N–H and O–H groups in total. The minimum absolute atomic E-state index is 0.0685. The van der Waals surface area contributed by atoms with Crippen molar-refractivity contribution in [3.05, 3.63) is 70.4 Å². The first-order valence-electron chi connectivity index (χ1n) is 9.27. The Bertz CT molecular complexity index is 1150. The van der Waals surface area contributed by atoms with Gasteiger partial charge in [0.15, 0.2) is 17.4 Å². The highest BCUT2D eigenvalue weighted by molar-refractivity contribution is 6.10. The number of fused-ring (bicyclic) bond motifs is 3. The van der Waals surface area contributed by atoms with Crippen molar-refractivity contribution in [3.8, 4) is 0 Å². The Labute approximate surface area is 165 Å². The Hall–Kier alpha value is -3.06. The summed E-state index contributed by atoms with van der Waals surface area (Å²) in [4.78, 5) is 24.3. The summed E-state index contributed by atoms with van der Waals surface area (Å²) in [5.74, 6) is -2.63. The lowest BCUT2D eigenvalue weighted by atomic mass is 9.75. The predicted molar refractivity (Wildman–Crippen MR) is 103 cm³/mol. The molecule has 0 atom stereocenters. The third-order valence-corrected chi connectivity index (χ3v) is 5.44. The van der Waals surface area contributed by atoms with E-state index in [0.717, 1.165) is 23.4 Å². The van der Waals surface area contributed by atoms with Crippen LogP contribution in [0.2, 0.25) is 0 Å². The van der Waals surface area contributed by atoms with Crippen LogP contribution in [0.4, 0.5) is 8.78 Å². The Kier molecular flexibility index (Phi) is 4.50. The summed E-state index contributed by atoms with van der Waals surface area (Å²) >= 11 is 0. The molecular weight excluding hydrogens is 378 g/mol. The Morgan fingerprint density at radius 3 is 2.45 bits per heavy atom. The lowest BCUT2D eigenvalue weighted by molar-refractivity contribution is 0.0706. The number of aromatic nitrogens is 1. The molecular formula is C22H20F2N2O3. The molecule has 1 heterocycles. The largest absolute Gasteiger partial charge is 0.339 e. The van der Waals surface area contributed by atoms with Crippen LogP contribution in [0, 0.1) is 17.0 Å². The number of ketones is 1. The fraction of sp³-hybridized carbons (Fsp3) is 0.273. The third-order valence-electron chi connectivity index (χ3n) is 5.44. The van der Waals surface area contributed by atoms with Crippen molar-refractivity contribution in [2.75, 3.05) is 0 Å². The number of hydrogen-bond acceptors (Lipinski definition) is 3. The number of rotatable bonds is 3. The monoisotopic (exact) mass is 398 g/mol. The molecule has 1 aromatic heterocycles. The maximum atomic E-state index is 14.0. The summed E-state index contributed by atoms with van der Waals surface area (Å²) in [6.45, 7) is 4.33. The van der Waals surface area contributed by atoms with Crippen LogP contribution in [0.5, 0.6) is 0 Å². The number of halogens is 2. The fourth-order valence-corrected chi connectivity index (χ4v) is 4.12. The zero-order valence-electron chi connectivity index (χ0n) is 16.1. The van der Waals surface area contributed by atoms with E-state index in [4.69, 9.17) is 5.21 Å². The molecule has 0 radical (unpaired) electrons. The van der Waals surface area contributed by atoms with Crippen LogP contribution in [0.1, 0.15) is 52.2 Å². The Morgan fingerprint density at radius 1 is 1.14 bits per heavy atom. The van der Waals surface area contributed by atoms with Gasteiger partial charge in [-0.3, -0.25) is 14.8 Å². The first kappa shape index (κ1) is 19.3. The molecule has 5 nitrogen and oxygen atoms in total. The number of carbonyl (C=O) groups excluding carboxylic acids is 2. The van der Waals surface area contributed by atoms with Crippen molar-refractivity contribution in [2.24, 2.45) is 5.41 Å².